The summed E-state index contributed by atoms with van der Waals surface area (Å²) in [4.78, 5) is 18.2. The summed E-state index contributed by atoms with van der Waals surface area (Å²) in [5.74, 6) is 1.33. The molecule has 3 rings (SSSR count). The molecule has 0 spiro atoms. The Morgan fingerprint density at radius 3 is 2.50 bits per heavy atom. The van der Waals surface area contributed by atoms with Crippen molar-refractivity contribution in [1.29, 1.82) is 0 Å². The molecule has 0 radical (unpaired) electrons. The molecule has 0 atom stereocenters. The second-order valence-electron chi connectivity index (χ2n) is 7.23. The van der Waals surface area contributed by atoms with E-state index < -0.39 is 0 Å². The molecule has 6 nitrogen and oxygen atoms in total. The Morgan fingerprint density at radius 2 is 1.85 bits per heavy atom. The Hall–Kier alpha value is -2.08. The lowest BCUT2D eigenvalue weighted by atomic mass is 9.89. The van der Waals surface area contributed by atoms with Gasteiger partial charge in [0.15, 0.2) is 5.96 Å². The number of nitrogens with one attached hydrogen (secondary N) is 1. The third-order valence-corrected chi connectivity index (χ3v) is 5.12. The van der Waals surface area contributed by atoms with E-state index in [-0.39, 0.29) is 12.3 Å². The molecule has 2 aliphatic rings. The lowest BCUT2D eigenvalue weighted by molar-refractivity contribution is -0.117. The first kappa shape index (κ1) is 18.7. The smallest absolute Gasteiger partial charge is 0.221 e. The molecular formula is C20H30N4O2. The van der Waals surface area contributed by atoms with Gasteiger partial charge in [-0.1, -0.05) is 31.4 Å². The number of amides is 1. The van der Waals surface area contributed by atoms with Crippen molar-refractivity contribution in [1.82, 2.24) is 4.90 Å². The molecule has 142 valence electrons. The zero-order chi connectivity index (χ0) is 18.2. The summed E-state index contributed by atoms with van der Waals surface area (Å²) in [6.07, 6.45) is 6.89. The van der Waals surface area contributed by atoms with Gasteiger partial charge in [0.1, 0.15) is 0 Å². The number of carbonyl (C=O) groups is 1. The fourth-order valence-electron chi connectivity index (χ4n) is 3.62. The number of nitrogens with two attached hydrogens (primary N) is 1. The van der Waals surface area contributed by atoms with Crippen LogP contribution in [0, 0.1) is 5.92 Å². The predicted octanol–water partition coefficient (Wildman–Crippen LogP) is 2.39. The predicted molar refractivity (Wildman–Crippen MR) is 104 cm³/mol. The first-order valence-corrected chi connectivity index (χ1v) is 9.72. The van der Waals surface area contributed by atoms with Gasteiger partial charge in [0.05, 0.1) is 19.6 Å². The van der Waals surface area contributed by atoms with Crippen LogP contribution in [-0.4, -0.2) is 49.6 Å². The minimum atomic E-state index is -0.311. The van der Waals surface area contributed by atoms with Crippen molar-refractivity contribution in [3.05, 3.63) is 29.8 Å². The molecule has 1 saturated heterocycles. The number of aliphatic imine (C=N–C) groups is 1. The van der Waals surface area contributed by atoms with Gasteiger partial charge in [-0.3, -0.25) is 9.79 Å². The van der Waals surface area contributed by atoms with E-state index in [9.17, 15) is 4.79 Å². The van der Waals surface area contributed by atoms with Crippen molar-refractivity contribution in [3.63, 3.8) is 0 Å². The largest absolute Gasteiger partial charge is 0.378 e. The summed E-state index contributed by atoms with van der Waals surface area (Å²) in [5.41, 5.74) is 7.16. The standard InChI is InChI=1S/C20H30N4O2/c21-19(25)14-16-6-8-18(9-7-16)23-20(24-10-12-26-13-11-24)22-15-17-4-2-1-3-5-17/h6-9,17H,1-5,10-15H2,(H2,21,25)(H,22,23). The number of rotatable bonds is 5. The number of carbonyl (C=O) groups excluding carboxylic acids is 1. The Morgan fingerprint density at radius 1 is 1.15 bits per heavy atom. The van der Waals surface area contributed by atoms with E-state index in [0.29, 0.717) is 5.92 Å². The van der Waals surface area contributed by atoms with E-state index in [4.69, 9.17) is 15.5 Å². The molecule has 1 saturated carbocycles. The van der Waals surface area contributed by atoms with E-state index >= 15 is 0 Å². The highest BCUT2D eigenvalue weighted by atomic mass is 16.5. The van der Waals surface area contributed by atoms with Gasteiger partial charge in [-0.15, -0.1) is 0 Å². The van der Waals surface area contributed by atoms with Gasteiger partial charge in [-0.05, 0) is 36.5 Å². The number of hydrogen-bond donors (Lipinski definition) is 2. The second kappa shape index (κ2) is 9.57. The van der Waals surface area contributed by atoms with Gasteiger partial charge < -0.3 is 20.7 Å². The molecule has 2 fully saturated rings. The van der Waals surface area contributed by atoms with Gasteiger partial charge in [0, 0.05) is 25.3 Å². The van der Waals surface area contributed by atoms with E-state index in [1.165, 1.54) is 32.1 Å². The maximum Gasteiger partial charge on any atom is 0.221 e. The van der Waals surface area contributed by atoms with Crippen molar-refractivity contribution >= 4 is 17.6 Å². The highest BCUT2D eigenvalue weighted by Gasteiger charge is 2.18. The molecular weight excluding hydrogens is 328 g/mol. The molecule has 0 bridgehead atoms. The normalized spacial score (nSPS) is 19.4. The monoisotopic (exact) mass is 358 g/mol. The van der Waals surface area contributed by atoms with Crippen LogP contribution in [0.1, 0.15) is 37.7 Å². The van der Waals surface area contributed by atoms with Gasteiger partial charge in [0.25, 0.3) is 0 Å². The summed E-state index contributed by atoms with van der Waals surface area (Å²) in [7, 11) is 0. The van der Waals surface area contributed by atoms with Crippen LogP contribution in [-0.2, 0) is 16.0 Å². The fraction of sp³-hybridized carbons (Fsp3) is 0.600. The Bertz CT molecular complexity index is 603. The van der Waals surface area contributed by atoms with E-state index in [2.05, 4.69) is 10.2 Å². The summed E-state index contributed by atoms with van der Waals surface area (Å²) in [6.45, 7) is 4.08. The maximum absolute atomic E-state index is 11.0. The van der Waals surface area contributed by atoms with Crippen molar-refractivity contribution in [3.8, 4) is 0 Å². The zero-order valence-electron chi connectivity index (χ0n) is 15.5. The molecule has 3 N–H and O–H groups in total. The third-order valence-electron chi connectivity index (χ3n) is 5.12. The zero-order valence-corrected chi connectivity index (χ0v) is 15.5. The minimum Gasteiger partial charge on any atom is -0.378 e. The molecule has 26 heavy (non-hydrogen) atoms. The number of guanidine groups is 1. The number of hydrogen-bond acceptors (Lipinski definition) is 3. The molecule has 6 heteroatoms. The van der Waals surface area contributed by atoms with Crippen LogP contribution in [0.3, 0.4) is 0 Å². The second-order valence-corrected chi connectivity index (χ2v) is 7.23. The number of morpholine rings is 1. The van der Waals surface area contributed by atoms with E-state index in [1.807, 2.05) is 24.3 Å². The first-order valence-electron chi connectivity index (χ1n) is 9.72. The number of anilines is 1. The third kappa shape index (κ3) is 5.73. The molecule has 1 heterocycles. The van der Waals surface area contributed by atoms with Gasteiger partial charge in [0.2, 0.25) is 5.91 Å². The Kier molecular flexibility index (Phi) is 6.89. The first-order chi connectivity index (χ1) is 12.7. The van der Waals surface area contributed by atoms with Gasteiger partial charge in [-0.2, -0.15) is 0 Å². The summed E-state index contributed by atoms with van der Waals surface area (Å²) >= 11 is 0. The van der Waals surface area contributed by atoms with Crippen molar-refractivity contribution in [2.75, 3.05) is 38.2 Å². The van der Waals surface area contributed by atoms with Crippen LogP contribution in [0.15, 0.2) is 29.3 Å². The molecule has 1 aliphatic heterocycles. The van der Waals surface area contributed by atoms with E-state index in [1.54, 1.807) is 0 Å². The topological polar surface area (TPSA) is 80.0 Å². The van der Waals surface area contributed by atoms with Crippen LogP contribution in [0.4, 0.5) is 5.69 Å². The Labute approximate surface area is 155 Å². The highest BCUT2D eigenvalue weighted by molar-refractivity contribution is 5.93. The molecule has 1 aliphatic carbocycles. The maximum atomic E-state index is 11.0. The number of benzene rings is 1. The SMILES string of the molecule is NC(=O)Cc1ccc(NC(=NCC2CCCCC2)N2CCOCC2)cc1. The summed E-state index contributed by atoms with van der Waals surface area (Å²) in [5, 5.41) is 3.47. The van der Waals surface area contributed by atoms with Crippen LogP contribution >= 0.6 is 0 Å². The Balaban J connectivity index is 1.66. The molecule has 0 unspecified atom stereocenters. The average Bonchev–Trinajstić information content (AvgIpc) is 2.67. The molecule has 1 aromatic carbocycles. The number of primary amides is 1. The van der Waals surface area contributed by atoms with Crippen LogP contribution in [0.2, 0.25) is 0 Å². The average molecular weight is 358 g/mol. The van der Waals surface area contributed by atoms with Gasteiger partial charge >= 0.3 is 0 Å². The quantitative estimate of drug-likeness (QED) is 0.626. The fourth-order valence-corrected chi connectivity index (χ4v) is 3.62. The lowest BCUT2D eigenvalue weighted by Gasteiger charge is -2.31. The molecule has 1 aromatic rings. The van der Waals surface area contributed by atoms with Crippen molar-refractivity contribution in [2.24, 2.45) is 16.6 Å². The van der Waals surface area contributed by atoms with Gasteiger partial charge in [-0.25, -0.2) is 0 Å². The van der Waals surface area contributed by atoms with Crippen LogP contribution in [0.25, 0.3) is 0 Å². The van der Waals surface area contributed by atoms with Crippen LogP contribution < -0.4 is 11.1 Å². The minimum absolute atomic E-state index is 0.270. The number of ether oxygens (including phenoxy) is 1. The van der Waals surface area contributed by atoms with Crippen molar-refractivity contribution in [2.45, 2.75) is 38.5 Å². The highest BCUT2D eigenvalue weighted by Crippen LogP contribution is 2.24. The van der Waals surface area contributed by atoms with Crippen molar-refractivity contribution < 1.29 is 9.53 Å². The summed E-state index contributed by atoms with van der Waals surface area (Å²) in [6, 6.07) is 7.83. The van der Waals surface area contributed by atoms with E-state index in [0.717, 1.165) is 50.1 Å². The number of nitrogens with zero attached hydrogens (tertiary/aromatic N) is 2. The lowest BCUT2D eigenvalue weighted by Crippen LogP contribution is -2.44. The molecule has 0 aromatic heterocycles. The van der Waals surface area contributed by atoms with Crippen LogP contribution in [0.5, 0.6) is 0 Å². The summed E-state index contributed by atoms with van der Waals surface area (Å²) < 4.78 is 5.48. The molecule has 1 amide bonds.